The normalized spacial score (nSPS) is 20.9. The van der Waals surface area contributed by atoms with Crippen molar-refractivity contribution in [1.29, 1.82) is 0 Å². The van der Waals surface area contributed by atoms with E-state index in [0.29, 0.717) is 165 Å². The van der Waals surface area contributed by atoms with Gasteiger partial charge in [-0.05, 0) is 230 Å². The van der Waals surface area contributed by atoms with E-state index < -0.39 is 16.2 Å². The summed E-state index contributed by atoms with van der Waals surface area (Å²) < 4.78 is 35.1. The molecule has 144 heavy (non-hydrogen) atoms. The van der Waals surface area contributed by atoms with Gasteiger partial charge in [0.25, 0.3) is 5.89 Å². The standard InChI is InChI=1S/C39H41FN8O3.C39H41N7O4.C33H38N8O2/c1-25(2)51-34-9-6-29(21-41-34)36-32-19-30(7-4-28(32)20-42-36)48-17-13-39(38(48)50)12-16-46(23-39)22-35(49)47-14-10-26(11-15-47)31-8-5-27(18-33(31)40)37-43-24-45(3)44-37;1-25(2)49-34-11-9-31(22-40-34)36-33-20-32(10-8-30(33)21-41-36)46-19-15-39(38(46)48)14-18-44(24-39)23-35(47)45-16-12-28(13-17-45)27-4-6-29(7-5-27)37-42-26(3)43-50-37;1-3-34-31-28-18-27(9-8-26(28)19-35-31)41-17-13-33(32(41)43)12-16-39(21-33)20-29(42)40-14-10-24(11-15-40)23-4-6-25(7-5-23)30-36-22-38(2)37-30/h4-10,18-19,21,24-25H,11-17,20,22-23H2,1-3H3;4-12,20,22,25H,13-19,21,23-24H2,1-3H3;4-10,18,22H,3,11-17,19-21H2,1-2H3,(H,34,35)/t2*39-;33-/m000/s1. The van der Waals surface area contributed by atoms with E-state index in [0.717, 1.165) is 172 Å². The van der Waals surface area contributed by atoms with E-state index in [9.17, 15) is 28.8 Å². The van der Waals surface area contributed by atoms with E-state index in [-0.39, 0.29) is 60.0 Å². The number of carbonyl (C=O) groups is 6. The van der Waals surface area contributed by atoms with Crippen molar-refractivity contribution in [3.8, 4) is 46.0 Å². The van der Waals surface area contributed by atoms with Crippen LogP contribution in [0.5, 0.6) is 11.8 Å². The van der Waals surface area contributed by atoms with Crippen LogP contribution in [0.25, 0.3) is 50.9 Å². The zero-order valence-electron chi connectivity index (χ0n) is 82.9. The van der Waals surface area contributed by atoms with Crippen LogP contribution in [0.1, 0.15) is 159 Å². The molecule has 6 amide bonds. The second-order valence-electron chi connectivity index (χ2n) is 40.4. The predicted molar refractivity (Wildman–Crippen MR) is 548 cm³/mol. The number of likely N-dealkylation sites (tertiary alicyclic amines) is 3. The predicted octanol–water partition coefficient (Wildman–Crippen LogP) is 13.3. The summed E-state index contributed by atoms with van der Waals surface area (Å²) in [5, 5.41) is 15.8. The lowest BCUT2D eigenvalue weighted by atomic mass is 9.85. The van der Waals surface area contributed by atoms with Crippen LogP contribution in [0.15, 0.2) is 208 Å². The van der Waals surface area contributed by atoms with Gasteiger partial charge in [-0.25, -0.2) is 24.3 Å². The SMILES string of the molecule is CC(C)Oc1ccc(C2=NCc3ccc(N4CC[C@]5(CCN(CC(=O)N6CC=C(c7ccc(-c8ncn(C)n8)cc7F)CC6)C5)C4=O)cc32)cn1.CCNC1=NCc2ccc(N3CC[C@]4(CCN(CC(=O)N5CC=C(c6ccc(-c7ncn(C)n7)cc6)CC5)C4)C3=O)cc21.Cc1noc(-c2ccc(C3=CCN(C(=O)CN4CC[C@]5(CCN(c6ccc7c(c6)C(c6ccc(OC(C)C)nc6)=NC7)C5=O)C4)CC3)cc2)n1. The van der Waals surface area contributed by atoms with Gasteiger partial charge >= 0.3 is 0 Å². The molecule has 0 bridgehead atoms. The smallest absolute Gasteiger partial charge is 0.257 e. The number of anilines is 3. The first-order valence-electron chi connectivity index (χ1n) is 50.4. The van der Waals surface area contributed by atoms with Crippen molar-refractivity contribution in [2.75, 3.05) is 139 Å². The number of rotatable bonds is 22. The molecule has 6 aromatic carbocycles. The summed E-state index contributed by atoms with van der Waals surface area (Å²) in [6, 6.07) is 47.9. The molecule has 11 aromatic rings. The van der Waals surface area contributed by atoms with Gasteiger partial charge < -0.3 is 48.7 Å². The van der Waals surface area contributed by atoms with Gasteiger partial charge in [0.05, 0.1) is 79.1 Å². The Morgan fingerprint density at radius 1 is 0.438 bits per heavy atom. The fourth-order valence-corrected chi connectivity index (χ4v) is 22.4. The topological polar surface area (TPSA) is 325 Å². The Bertz CT molecular complexity index is 7000. The molecule has 32 nitrogen and oxygen atoms in total. The third-order valence-electron chi connectivity index (χ3n) is 30.2. The Kier molecular flexibility index (Phi) is 26.7. The van der Waals surface area contributed by atoms with Crippen molar-refractivity contribution in [2.45, 2.75) is 131 Å². The Hall–Kier alpha value is -14.7. The first-order valence-corrected chi connectivity index (χ1v) is 50.4. The molecule has 23 rings (SSSR count). The van der Waals surface area contributed by atoms with Crippen molar-refractivity contribution in [3.05, 3.63) is 262 Å². The average molecular weight is 1940 g/mol. The molecule has 0 radical (unpaired) electrons. The summed E-state index contributed by atoms with van der Waals surface area (Å²) in [6.45, 7) is 25.1. The number of nitrogens with zero attached hydrogens (tertiary/aromatic N) is 22. The van der Waals surface area contributed by atoms with Gasteiger partial charge in [-0.2, -0.15) is 15.2 Å². The zero-order chi connectivity index (χ0) is 99.2. The van der Waals surface area contributed by atoms with Crippen LogP contribution in [0, 0.1) is 29.0 Å². The van der Waals surface area contributed by atoms with Crippen LogP contribution in [0.4, 0.5) is 21.5 Å². The van der Waals surface area contributed by atoms with E-state index in [1.54, 1.807) is 54.4 Å². The molecule has 6 saturated heterocycles. The monoisotopic (exact) mass is 1940 g/mol. The van der Waals surface area contributed by atoms with Crippen LogP contribution in [0.2, 0.25) is 0 Å². The number of aliphatic imine (C=N–C) groups is 3. The van der Waals surface area contributed by atoms with Crippen LogP contribution in [-0.4, -0.2) is 268 Å². The number of pyridine rings is 2. The highest BCUT2D eigenvalue weighted by Crippen LogP contribution is 2.48. The molecule has 12 aliphatic rings. The molecule has 5 aromatic heterocycles. The third kappa shape index (κ3) is 19.7. The molecule has 0 aliphatic carbocycles. The highest BCUT2D eigenvalue weighted by Gasteiger charge is 2.55. The lowest BCUT2D eigenvalue weighted by Crippen LogP contribution is -2.43. The minimum Gasteiger partial charge on any atom is -0.475 e. The molecule has 33 heteroatoms. The third-order valence-corrected chi connectivity index (χ3v) is 30.2. The van der Waals surface area contributed by atoms with E-state index in [2.05, 4.69) is 163 Å². The van der Waals surface area contributed by atoms with Crippen LogP contribution >= 0.6 is 0 Å². The fraction of sp³-hybridized carbons (Fsp3) is 0.396. The number of hydrogen-bond acceptors (Lipinski definition) is 24. The molecule has 12 aliphatic heterocycles. The van der Waals surface area contributed by atoms with Gasteiger partial charge in [0.15, 0.2) is 17.5 Å². The summed E-state index contributed by atoms with van der Waals surface area (Å²) in [6.07, 6.45) is 20.1. The van der Waals surface area contributed by atoms with Gasteiger partial charge in [-0.1, -0.05) is 90.1 Å². The molecule has 1 N–H and O–H groups in total. The molecule has 6 fully saturated rings. The average Bonchev–Trinajstić information content (AvgIpc) is 1.61. The van der Waals surface area contributed by atoms with Crippen molar-refractivity contribution < 1.29 is 47.2 Å². The molecular weight excluding hydrogens is 1820 g/mol. The number of aromatic nitrogens is 10. The first kappa shape index (κ1) is 95.5. The maximum Gasteiger partial charge on any atom is 0.257 e. The first-order chi connectivity index (χ1) is 69.8. The van der Waals surface area contributed by atoms with Gasteiger partial charge in [0.2, 0.25) is 47.2 Å². The largest absolute Gasteiger partial charge is 0.475 e. The number of fused-ring (bicyclic) bond motifs is 3. The van der Waals surface area contributed by atoms with Crippen molar-refractivity contribution >= 4 is 86.5 Å². The molecule has 17 heterocycles. The fourth-order valence-electron chi connectivity index (χ4n) is 22.4. The van der Waals surface area contributed by atoms with Gasteiger partial charge in [-0.15, -0.1) is 0 Å². The maximum absolute atomic E-state index is 15.1. The lowest BCUT2D eigenvalue weighted by molar-refractivity contribution is -0.133. The summed E-state index contributed by atoms with van der Waals surface area (Å²) in [4.78, 5) is 136. The summed E-state index contributed by atoms with van der Waals surface area (Å²) in [5.74, 6) is 4.86. The Morgan fingerprint density at radius 2 is 0.833 bits per heavy atom. The molecule has 3 atom stereocenters. The quantitative estimate of drug-likeness (QED) is 0.0658. The molecule has 0 unspecified atom stereocenters. The Morgan fingerprint density at radius 3 is 1.22 bits per heavy atom. The van der Waals surface area contributed by atoms with E-state index >= 15 is 4.39 Å². The number of ether oxygens (including phenoxy) is 2. The van der Waals surface area contributed by atoms with E-state index in [4.69, 9.17) is 24.0 Å². The summed E-state index contributed by atoms with van der Waals surface area (Å²) in [7, 11) is 3.64. The van der Waals surface area contributed by atoms with Crippen molar-refractivity contribution in [2.24, 2.45) is 45.3 Å². The van der Waals surface area contributed by atoms with Crippen LogP contribution < -0.4 is 29.5 Å². The molecule has 0 saturated carbocycles. The van der Waals surface area contributed by atoms with Crippen molar-refractivity contribution in [1.82, 2.24) is 84.4 Å². The Balaban J connectivity index is 0.000000128. The van der Waals surface area contributed by atoms with Crippen LogP contribution in [0.3, 0.4) is 0 Å². The number of hydrogen-bond donors (Lipinski definition) is 1. The minimum atomic E-state index is -0.490. The summed E-state index contributed by atoms with van der Waals surface area (Å²) in [5.41, 5.74) is 20.4. The Labute approximate surface area is 836 Å². The number of benzene rings is 6. The van der Waals surface area contributed by atoms with E-state index in [1.807, 2.05) is 125 Å². The van der Waals surface area contributed by atoms with Crippen molar-refractivity contribution in [3.63, 3.8) is 0 Å². The van der Waals surface area contributed by atoms with E-state index in [1.165, 1.54) is 28.3 Å². The van der Waals surface area contributed by atoms with Gasteiger partial charge in [-0.3, -0.25) is 67.8 Å². The zero-order valence-corrected chi connectivity index (χ0v) is 82.9. The van der Waals surface area contributed by atoms with Crippen LogP contribution in [-0.2, 0) is 62.5 Å². The number of halogens is 1. The highest BCUT2D eigenvalue weighted by molar-refractivity contribution is 6.17. The minimum absolute atomic E-state index is 0.0328. The van der Waals surface area contributed by atoms with Gasteiger partial charge in [0, 0.05) is 191 Å². The molecular formula is C111H120FN23O9. The maximum atomic E-state index is 15.1. The van der Waals surface area contributed by atoms with Gasteiger partial charge in [0.1, 0.15) is 24.3 Å². The lowest BCUT2D eigenvalue weighted by Gasteiger charge is -2.29. The summed E-state index contributed by atoms with van der Waals surface area (Å²) >= 11 is 0. The second-order valence-corrected chi connectivity index (χ2v) is 40.4. The number of nitrogens with one attached hydrogen (secondary N) is 1. The second kappa shape index (κ2) is 40.2. The molecule has 3 spiro atoms. The number of carbonyl (C=O) groups excluding carboxylic acids is 6. The molecule has 740 valence electrons. The number of aryl methyl sites for hydroxylation is 3. The number of amides is 6. The number of amidine groups is 1. The highest BCUT2D eigenvalue weighted by atomic mass is 19.1.